The second-order valence-electron chi connectivity index (χ2n) is 8.53. The number of hydrogen-bond acceptors (Lipinski definition) is 3. The fraction of sp³-hybridized carbons (Fsp3) is 0.722. The standard InChI is InChI=1S/C18H27N3/c1-12-3-15(10-20-9-12)16(21-19)18-7-13-4-14(8-18)6-17(2,5-13)11-18/h3,9-10,13-14,16,21H,4-8,11,19H2,1-2H3. The first-order valence-corrected chi connectivity index (χ1v) is 8.40. The maximum Gasteiger partial charge on any atom is 0.0531 e. The van der Waals surface area contributed by atoms with E-state index in [9.17, 15) is 0 Å². The third kappa shape index (κ3) is 2.13. The predicted octanol–water partition coefficient (Wildman–Crippen LogP) is 3.50. The molecule has 0 saturated heterocycles. The summed E-state index contributed by atoms with van der Waals surface area (Å²) in [5.41, 5.74) is 6.59. The molecular weight excluding hydrogens is 258 g/mol. The Bertz CT molecular complexity index is 539. The van der Waals surface area contributed by atoms with Crippen molar-refractivity contribution in [1.82, 2.24) is 10.4 Å². The molecule has 1 heterocycles. The number of nitrogens with one attached hydrogen (secondary N) is 1. The van der Waals surface area contributed by atoms with Crippen LogP contribution in [0.2, 0.25) is 0 Å². The third-order valence-corrected chi connectivity index (χ3v) is 6.41. The molecule has 21 heavy (non-hydrogen) atoms. The van der Waals surface area contributed by atoms with E-state index in [0.29, 0.717) is 10.8 Å². The van der Waals surface area contributed by atoms with Gasteiger partial charge in [-0.15, -0.1) is 0 Å². The lowest BCUT2D eigenvalue weighted by molar-refractivity contribution is -0.119. The van der Waals surface area contributed by atoms with Gasteiger partial charge in [0.2, 0.25) is 0 Å². The summed E-state index contributed by atoms with van der Waals surface area (Å²) in [6, 6.07) is 2.52. The zero-order valence-corrected chi connectivity index (χ0v) is 13.2. The Kier molecular flexibility index (Phi) is 2.96. The average Bonchev–Trinajstić information content (AvgIpc) is 2.36. The molecule has 5 rings (SSSR count). The van der Waals surface area contributed by atoms with Gasteiger partial charge in [0.15, 0.2) is 0 Å². The minimum Gasteiger partial charge on any atom is -0.271 e. The summed E-state index contributed by atoms with van der Waals surface area (Å²) in [6.45, 7) is 4.63. The van der Waals surface area contributed by atoms with Crippen LogP contribution in [0, 0.1) is 29.6 Å². The highest BCUT2D eigenvalue weighted by Gasteiger charge is 2.58. The van der Waals surface area contributed by atoms with Crippen LogP contribution in [0.25, 0.3) is 0 Å². The largest absolute Gasteiger partial charge is 0.271 e. The molecule has 3 nitrogen and oxygen atoms in total. The van der Waals surface area contributed by atoms with Crippen molar-refractivity contribution in [2.24, 2.45) is 28.5 Å². The summed E-state index contributed by atoms with van der Waals surface area (Å²) in [7, 11) is 0. The van der Waals surface area contributed by atoms with Crippen molar-refractivity contribution in [2.75, 3.05) is 0 Å². The Balaban J connectivity index is 1.73. The lowest BCUT2D eigenvalue weighted by atomic mass is 9.43. The van der Waals surface area contributed by atoms with E-state index in [1.807, 2.05) is 12.4 Å². The molecular formula is C18H27N3. The number of aryl methyl sites for hydroxylation is 1. The lowest BCUT2D eigenvalue weighted by Crippen LogP contribution is -2.56. The van der Waals surface area contributed by atoms with E-state index in [4.69, 9.17) is 5.84 Å². The first kappa shape index (κ1) is 13.7. The van der Waals surface area contributed by atoms with Gasteiger partial charge in [-0.2, -0.15) is 0 Å². The van der Waals surface area contributed by atoms with Crippen LogP contribution in [-0.4, -0.2) is 4.98 Å². The van der Waals surface area contributed by atoms with E-state index in [1.54, 1.807) is 0 Å². The van der Waals surface area contributed by atoms with E-state index in [2.05, 4.69) is 30.3 Å². The first-order chi connectivity index (χ1) is 10.0. The molecule has 3 heteroatoms. The van der Waals surface area contributed by atoms with Crippen LogP contribution in [0.3, 0.4) is 0 Å². The molecule has 0 aromatic carbocycles. The molecule has 114 valence electrons. The molecule has 1 aromatic rings. The third-order valence-electron chi connectivity index (χ3n) is 6.41. The SMILES string of the molecule is Cc1cncc(C(NN)C23CC4CC(CC(C)(C4)C2)C3)c1. The highest BCUT2D eigenvalue weighted by Crippen LogP contribution is 2.68. The highest BCUT2D eigenvalue weighted by atomic mass is 15.2. The number of hydrogen-bond donors (Lipinski definition) is 2. The number of aromatic nitrogens is 1. The van der Waals surface area contributed by atoms with Gasteiger partial charge in [0, 0.05) is 12.4 Å². The first-order valence-electron chi connectivity index (χ1n) is 8.40. The monoisotopic (exact) mass is 285 g/mol. The summed E-state index contributed by atoms with van der Waals surface area (Å²) >= 11 is 0. The van der Waals surface area contributed by atoms with Crippen molar-refractivity contribution in [2.45, 2.75) is 58.4 Å². The Labute approximate surface area is 127 Å². The minimum absolute atomic E-state index is 0.259. The Hall–Kier alpha value is -0.930. The lowest BCUT2D eigenvalue weighted by Gasteiger charge is -2.63. The second kappa shape index (κ2) is 4.53. The van der Waals surface area contributed by atoms with Crippen LogP contribution < -0.4 is 11.3 Å². The van der Waals surface area contributed by atoms with Crippen molar-refractivity contribution in [3.8, 4) is 0 Å². The minimum atomic E-state index is 0.259. The van der Waals surface area contributed by atoms with Gasteiger partial charge in [0.05, 0.1) is 6.04 Å². The summed E-state index contributed by atoms with van der Waals surface area (Å²) in [6.07, 6.45) is 12.3. The maximum atomic E-state index is 6.04. The molecule has 4 saturated carbocycles. The second-order valence-corrected chi connectivity index (χ2v) is 8.53. The molecule has 0 amide bonds. The normalized spacial score (nSPS) is 42.2. The molecule has 0 radical (unpaired) electrons. The van der Waals surface area contributed by atoms with E-state index in [-0.39, 0.29) is 6.04 Å². The van der Waals surface area contributed by atoms with Crippen molar-refractivity contribution in [3.05, 3.63) is 29.6 Å². The fourth-order valence-electron chi connectivity index (χ4n) is 6.50. The summed E-state index contributed by atoms with van der Waals surface area (Å²) in [5.74, 6) is 7.88. The topological polar surface area (TPSA) is 50.9 Å². The van der Waals surface area contributed by atoms with Gasteiger partial charge in [-0.3, -0.25) is 16.3 Å². The van der Waals surface area contributed by atoms with E-state index < -0.39 is 0 Å². The predicted molar refractivity (Wildman–Crippen MR) is 84.3 cm³/mol. The van der Waals surface area contributed by atoms with Gasteiger partial charge in [-0.25, -0.2) is 0 Å². The molecule has 4 aliphatic rings. The van der Waals surface area contributed by atoms with Crippen LogP contribution >= 0.6 is 0 Å². The fourth-order valence-corrected chi connectivity index (χ4v) is 6.50. The molecule has 4 aliphatic carbocycles. The van der Waals surface area contributed by atoms with Crippen molar-refractivity contribution >= 4 is 0 Å². The van der Waals surface area contributed by atoms with Crippen molar-refractivity contribution in [3.63, 3.8) is 0 Å². The Morgan fingerprint density at radius 2 is 1.95 bits per heavy atom. The molecule has 0 spiro atoms. The van der Waals surface area contributed by atoms with E-state index >= 15 is 0 Å². The Morgan fingerprint density at radius 1 is 1.24 bits per heavy atom. The molecule has 1 aromatic heterocycles. The smallest absolute Gasteiger partial charge is 0.0531 e. The summed E-state index contributed by atoms with van der Waals surface area (Å²) in [4.78, 5) is 4.40. The van der Waals surface area contributed by atoms with Crippen LogP contribution in [0.1, 0.15) is 62.6 Å². The zero-order valence-electron chi connectivity index (χ0n) is 13.2. The molecule has 0 aliphatic heterocycles. The van der Waals surface area contributed by atoms with Gasteiger partial charge in [-0.1, -0.05) is 13.0 Å². The zero-order chi connectivity index (χ0) is 14.7. The maximum absolute atomic E-state index is 6.04. The van der Waals surface area contributed by atoms with E-state index in [1.165, 1.54) is 49.7 Å². The van der Waals surface area contributed by atoms with Crippen molar-refractivity contribution < 1.29 is 0 Å². The van der Waals surface area contributed by atoms with Crippen LogP contribution in [0.5, 0.6) is 0 Å². The number of nitrogens with two attached hydrogens (primary N) is 1. The van der Waals surface area contributed by atoms with Crippen LogP contribution in [-0.2, 0) is 0 Å². The van der Waals surface area contributed by atoms with Crippen LogP contribution in [0.15, 0.2) is 18.5 Å². The number of rotatable bonds is 3. The highest BCUT2D eigenvalue weighted by molar-refractivity contribution is 5.24. The summed E-state index contributed by atoms with van der Waals surface area (Å²) < 4.78 is 0. The quantitative estimate of drug-likeness (QED) is 0.660. The van der Waals surface area contributed by atoms with Gasteiger partial charge in [-0.05, 0) is 79.2 Å². The average molecular weight is 285 g/mol. The molecule has 3 unspecified atom stereocenters. The van der Waals surface area contributed by atoms with Gasteiger partial charge < -0.3 is 0 Å². The van der Waals surface area contributed by atoms with Crippen molar-refractivity contribution in [1.29, 1.82) is 0 Å². The number of hydrazine groups is 1. The van der Waals surface area contributed by atoms with Gasteiger partial charge in [0.1, 0.15) is 0 Å². The Morgan fingerprint density at radius 3 is 2.52 bits per heavy atom. The molecule has 4 bridgehead atoms. The molecule has 4 fully saturated rings. The molecule has 3 N–H and O–H groups in total. The number of pyridine rings is 1. The van der Waals surface area contributed by atoms with E-state index in [0.717, 1.165) is 11.8 Å². The number of nitrogens with zero attached hydrogens (tertiary/aromatic N) is 1. The van der Waals surface area contributed by atoms with Gasteiger partial charge in [0.25, 0.3) is 0 Å². The van der Waals surface area contributed by atoms with Crippen LogP contribution in [0.4, 0.5) is 0 Å². The molecule has 3 atom stereocenters. The summed E-state index contributed by atoms with van der Waals surface area (Å²) in [5, 5.41) is 0. The van der Waals surface area contributed by atoms with Gasteiger partial charge >= 0.3 is 0 Å².